The lowest BCUT2D eigenvalue weighted by Gasteiger charge is -2.32. The van der Waals surface area contributed by atoms with Gasteiger partial charge in [-0.05, 0) is 22.3 Å². The van der Waals surface area contributed by atoms with Crippen molar-refractivity contribution in [2.75, 3.05) is 0 Å². The van der Waals surface area contributed by atoms with Crippen molar-refractivity contribution in [1.82, 2.24) is 21.7 Å². The molecule has 2 aliphatic rings. The highest BCUT2D eigenvalue weighted by atomic mass is 15.5. The van der Waals surface area contributed by atoms with Gasteiger partial charge in [-0.3, -0.25) is 10.9 Å². The molecule has 170 valence electrons. The minimum atomic E-state index is 0.180. The first-order chi connectivity index (χ1) is 16.9. The van der Waals surface area contributed by atoms with E-state index in [2.05, 4.69) is 143 Å². The second kappa shape index (κ2) is 9.53. The molecule has 6 rings (SSSR count). The van der Waals surface area contributed by atoms with E-state index in [0.29, 0.717) is 0 Å². The molecule has 4 N–H and O–H groups in total. The Balaban J connectivity index is 1.41. The van der Waals surface area contributed by atoms with Crippen molar-refractivity contribution in [2.24, 2.45) is 0 Å². The maximum atomic E-state index is 3.71. The van der Waals surface area contributed by atoms with Gasteiger partial charge in [0.05, 0.1) is 12.1 Å². The monoisotopic (exact) mass is 446 g/mol. The fourth-order valence-corrected chi connectivity index (χ4v) is 5.82. The zero-order valence-corrected chi connectivity index (χ0v) is 19.0. The van der Waals surface area contributed by atoms with Crippen LogP contribution in [0.4, 0.5) is 0 Å². The van der Waals surface area contributed by atoms with E-state index in [1.165, 1.54) is 22.3 Å². The van der Waals surface area contributed by atoms with E-state index in [9.17, 15) is 0 Å². The number of benzene rings is 4. The smallest absolute Gasteiger partial charge is 0.0547 e. The van der Waals surface area contributed by atoms with Crippen LogP contribution in [-0.4, -0.2) is 12.1 Å². The van der Waals surface area contributed by atoms with Gasteiger partial charge >= 0.3 is 0 Å². The summed E-state index contributed by atoms with van der Waals surface area (Å²) in [5, 5.41) is 0. The van der Waals surface area contributed by atoms with Crippen molar-refractivity contribution < 1.29 is 0 Å². The molecule has 6 unspecified atom stereocenters. The maximum Gasteiger partial charge on any atom is 0.0547 e. The molecule has 6 atom stereocenters. The Labute approximate surface area is 201 Å². The highest BCUT2D eigenvalue weighted by Gasteiger charge is 2.49. The Bertz CT molecular complexity index is 1090. The molecule has 2 aliphatic heterocycles. The molecule has 4 aromatic carbocycles. The Kier molecular flexibility index (Phi) is 5.96. The third kappa shape index (κ3) is 3.95. The van der Waals surface area contributed by atoms with Crippen LogP contribution >= 0.6 is 0 Å². The SMILES string of the molecule is c1ccc(C2NNC(C3NNC(c4ccccc4)C3c3ccccc3)C2c2ccccc2)cc1. The normalized spacial score (nSPS) is 28.7. The van der Waals surface area contributed by atoms with E-state index in [-0.39, 0.29) is 36.0 Å². The van der Waals surface area contributed by atoms with Gasteiger partial charge in [0, 0.05) is 23.9 Å². The largest absolute Gasteiger partial charge is 0.252 e. The van der Waals surface area contributed by atoms with E-state index in [1.807, 2.05) is 0 Å². The number of hydrazine groups is 2. The third-order valence-corrected chi connectivity index (χ3v) is 7.38. The van der Waals surface area contributed by atoms with Crippen molar-refractivity contribution in [3.8, 4) is 0 Å². The van der Waals surface area contributed by atoms with Crippen LogP contribution < -0.4 is 21.7 Å². The predicted octanol–water partition coefficient (Wildman–Crippen LogP) is 4.99. The summed E-state index contributed by atoms with van der Waals surface area (Å²) in [7, 11) is 0. The Morgan fingerprint density at radius 1 is 0.324 bits per heavy atom. The second-order valence-corrected chi connectivity index (χ2v) is 9.28. The molecule has 2 saturated heterocycles. The van der Waals surface area contributed by atoms with Crippen LogP contribution in [0.1, 0.15) is 46.2 Å². The number of nitrogens with one attached hydrogen (secondary N) is 4. The minimum absolute atomic E-state index is 0.180. The van der Waals surface area contributed by atoms with Gasteiger partial charge in [-0.2, -0.15) is 0 Å². The summed E-state index contributed by atoms with van der Waals surface area (Å²) in [5.74, 6) is 0.535. The Hall–Kier alpha value is -3.28. The molecule has 2 fully saturated rings. The second-order valence-electron chi connectivity index (χ2n) is 9.28. The highest BCUT2D eigenvalue weighted by molar-refractivity contribution is 5.36. The molecule has 4 aromatic rings. The van der Waals surface area contributed by atoms with Crippen molar-refractivity contribution in [2.45, 2.75) is 36.0 Å². The predicted molar refractivity (Wildman–Crippen MR) is 137 cm³/mol. The molecule has 2 heterocycles. The molecule has 34 heavy (non-hydrogen) atoms. The summed E-state index contributed by atoms with van der Waals surface area (Å²) in [5.41, 5.74) is 20.0. The van der Waals surface area contributed by atoms with Gasteiger partial charge < -0.3 is 0 Å². The van der Waals surface area contributed by atoms with Crippen molar-refractivity contribution in [3.63, 3.8) is 0 Å². The van der Waals surface area contributed by atoms with E-state index < -0.39 is 0 Å². The van der Waals surface area contributed by atoms with E-state index >= 15 is 0 Å². The minimum Gasteiger partial charge on any atom is -0.252 e. The van der Waals surface area contributed by atoms with Crippen LogP contribution in [0, 0.1) is 0 Å². The summed E-state index contributed by atoms with van der Waals surface area (Å²) < 4.78 is 0. The lowest BCUT2D eigenvalue weighted by molar-refractivity contribution is 0.368. The lowest BCUT2D eigenvalue weighted by Crippen LogP contribution is -2.49. The molecule has 0 aliphatic carbocycles. The number of hydrogen-bond acceptors (Lipinski definition) is 4. The van der Waals surface area contributed by atoms with E-state index in [4.69, 9.17) is 0 Å². The molecular weight excluding hydrogens is 416 g/mol. The van der Waals surface area contributed by atoms with Crippen LogP contribution in [0.15, 0.2) is 121 Å². The van der Waals surface area contributed by atoms with Gasteiger partial charge in [-0.1, -0.05) is 121 Å². The zero-order chi connectivity index (χ0) is 22.7. The molecule has 0 radical (unpaired) electrons. The molecule has 0 amide bonds. The molecule has 0 aromatic heterocycles. The Morgan fingerprint density at radius 3 is 0.941 bits per heavy atom. The quantitative estimate of drug-likeness (QED) is 0.349. The fourth-order valence-electron chi connectivity index (χ4n) is 5.82. The first kappa shape index (κ1) is 21.3. The van der Waals surface area contributed by atoms with Crippen LogP contribution in [0.2, 0.25) is 0 Å². The van der Waals surface area contributed by atoms with Gasteiger partial charge in [0.1, 0.15) is 0 Å². The van der Waals surface area contributed by atoms with Crippen LogP contribution in [0.5, 0.6) is 0 Å². The van der Waals surface area contributed by atoms with Gasteiger partial charge in [0.2, 0.25) is 0 Å². The first-order valence-electron chi connectivity index (χ1n) is 12.1. The summed E-state index contributed by atoms with van der Waals surface area (Å²) in [6, 6.07) is 44.1. The topological polar surface area (TPSA) is 48.1 Å². The average Bonchev–Trinajstić information content (AvgIpc) is 3.55. The van der Waals surface area contributed by atoms with Gasteiger partial charge in [0.25, 0.3) is 0 Å². The standard InChI is InChI=1S/C30H30N4/c1-5-13-21(14-6-1)25-27(23-17-9-3-10-18-23)31-33-29(25)30-26(22-15-7-2-8-16-22)28(32-34-30)24-19-11-4-12-20-24/h1-20,25-34H. The fraction of sp³-hybridized carbons (Fsp3) is 0.200. The summed E-state index contributed by atoms with van der Waals surface area (Å²) >= 11 is 0. The summed E-state index contributed by atoms with van der Waals surface area (Å²) in [6.45, 7) is 0. The number of rotatable bonds is 5. The van der Waals surface area contributed by atoms with Crippen molar-refractivity contribution in [1.29, 1.82) is 0 Å². The first-order valence-corrected chi connectivity index (χ1v) is 12.1. The zero-order valence-electron chi connectivity index (χ0n) is 19.0. The third-order valence-electron chi connectivity index (χ3n) is 7.38. The molecular formula is C30H30N4. The highest BCUT2D eigenvalue weighted by Crippen LogP contribution is 2.45. The van der Waals surface area contributed by atoms with Gasteiger partial charge in [-0.15, -0.1) is 0 Å². The van der Waals surface area contributed by atoms with E-state index in [0.717, 1.165) is 0 Å². The van der Waals surface area contributed by atoms with Gasteiger partial charge in [0.15, 0.2) is 0 Å². The van der Waals surface area contributed by atoms with Crippen LogP contribution in [-0.2, 0) is 0 Å². The van der Waals surface area contributed by atoms with Crippen LogP contribution in [0.25, 0.3) is 0 Å². The number of hydrogen-bond donors (Lipinski definition) is 4. The molecule has 0 spiro atoms. The maximum absolute atomic E-state index is 3.71. The van der Waals surface area contributed by atoms with Crippen molar-refractivity contribution >= 4 is 0 Å². The molecule has 0 saturated carbocycles. The summed E-state index contributed by atoms with van der Waals surface area (Å²) in [4.78, 5) is 0. The Morgan fingerprint density at radius 2 is 0.618 bits per heavy atom. The van der Waals surface area contributed by atoms with Crippen LogP contribution in [0.3, 0.4) is 0 Å². The molecule has 0 bridgehead atoms. The van der Waals surface area contributed by atoms with Crippen molar-refractivity contribution in [3.05, 3.63) is 144 Å². The molecule has 4 heteroatoms. The van der Waals surface area contributed by atoms with E-state index in [1.54, 1.807) is 0 Å². The average molecular weight is 447 g/mol. The molecule has 4 nitrogen and oxygen atoms in total. The lowest BCUT2D eigenvalue weighted by atomic mass is 9.74. The summed E-state index contributed by atoms with van der Waals surface area (Å²) in [6.07, 6.45) is 0. The van der Waals surface area contributed by atoms with Gasteiger partial charge in [-0.25, -0.2) is 10.9 Å².